The Morgan fingerprint density at radius 1 is 1.40 bits per heavy atom. The van der Waals surface area contributed by atoms with Gasteiger partial charge in [-0.1, -0.05) is 34.8 Å². The van der Waals surface area contributed by atoms with Crippen molar-refractivity contribution in [2.45, 2.75) is 31.3 Å². The van der Waals surface area contributed by atoms with E-state index in [4.69, 9.17) is 0 Å². The van der Waals surface area contributed by atoms with E-state index >= 15 is 0 Å². The van der Waals surface area contributed by atoms with Gasteiger partial charge in [0.15, 0.2) is 0 Å². The molecule has 6 heteroatoms. The van der Waals surface area contributed by atoms with Crippen LogP contribution < -0.4 is 10.6 Å². The summed E-state index contributed by atoms with van der Waals surface area (Å²) in [4.78, 5) is 11.9. The van der Waals surface area contributed by atoms with E-state index in [1.54, 1.807) is 0 Å². The Bertz CT molecular complexity index is 572. The Morgan fingerprint density at radius 3 is 2.90 bits per heavy atom. The number of urea groups is 1. The summed E-state index contributed by atoms with van der Waals surface area (Å²) in [5.41, 5.74) is 2.08. The van der Waals surface area contributed by atoms with E-state index < -0.39 is 0 Å². The summed E-state index contributed by atoms with van der Waals surface area (Å²) < 4.78 is 3.80. The SMILES string of the molecule is CC(NC(=O)N[C@H]1C[C@@H]1c1ccccc1)c1csnn1. The van der Waals surface area contributed by atoms with Crippen LogP contribution in [0, 0.1) is 0 Å². The highest BCUT2D eigenvalue weighted by atomic mass is 32.1. The maximum Gasteiger partial charge on any atom is 0.315 e. The highest BCUT2D eigenvalue weighted by molar-refractivity contribution is 7.03. The van der Waals surface area contributed by atoms with E-state index in [2.05, 4.69) is 32.4 Å². The molecule has 1 saturated carbocycles. The lowest BCUT2D eigenvalue weighted by molar-refractivity contribution is 0.237. The van der Waals surface area contributed by atoms with Crippen LogP contribution >= 0.6 is 11.5 Å². The number of carbonyl (C=O) groups excluding carboxylic acids is 1. The third kappa shape index (κ3) is 2.96. The maximum atomic E-state index is 11.9. The summed E-state index contributed by atoms with van der Waals surface area (Å²) in [6, 6.07) is 10.2. The molecular weight excluding hydrogens is 272 g/mol. The average Bonchev–Trinajstić information content (AvgIpc) is 3.00. The lowest BCUT2D eigenvalue weighted by atomic mass is 10.1. The van der Waals surface area contributed by atoms with Crippen LogP contribution in [0.2, 0.25) is 0 Å². The number of rotatable bonds is 4. The van der Waals surface area contributed by atoms with Gasteiger partial charge < -0.3 is 10.6 Å². The Kier molecular flexibility index (Phi) is 3.64. The van der Waals surface area contributed by atoms with Gasteiger partial charge in [-0.25, -0.2) is 4.79 Å². The first-order valence-electron chi connectivity index (χ1n) is 6.63. The van der Waals surface area contributed by atoms with Crippen LogP contribution in [0.15, 0.2) is 35.7 Å². The molecule has 20 heavy (non-hydrogen) atoms. The second kappa shape index (κ2) is 5.58. The van der Waals surface area contributed by atoms with E-state index in [1.807, 2.05) is 30.5 Å². The Labute approximate surface area is 121 Å². The van der Waals surface area contributed by atoms with Crippen molar-refractivity contribution < 1.29 is 4.79 Å². The lowest BCUT2D eigenvalue weighted by Gasteiger charge is -2.12. The fraction of sp³-hybridized carbons (Fsp3) is 0.357. The summed E-state index contributed by atoms with van der Waals surface area (Å²) in [5.74, 6) is 0.443. The first kappa shape index (κ1) is 13.1. The minimum atomic E-state index is -0.145. The number of benzene rings is 1. The standard InChI is InChI=1S/C14H16N4OS/c1-9(13-8-20-18-17-13)15-14(19)16-12-7-11(12)10-5-3-2-4-6-10/h2-6,8-9,11-12H,7H2,1H3,(H2,15,16,19)/t9?,11-,12+/m1/s1. The third-order valence-electron chi connectivity index (χ3n) is 3.50. The zero-order valence-corrected chi connectivity index (χ0v) is 11.9. The zero-order chi connectivity index (χ0) is 13.9. The minimum absolute atomic E-state index is 0.123. The van der Waals surface area contributed by atoms with Crippen molar-refractivity contribution >= 4 is 17.6 Å². The molecule has 2 amide bonds. The fourth-order valence-electron chi connectivity index (χ4n) is 2.26. The number of hydrogen-bond donors (Lipinski definition) is 2. The fourth-order valence-corrected chi connectivity index (χ4v) is 2.81. The Morgan fingerprint density at radius 2 is 2.20 bits per heavy atom. The van der Waals surface area contributed by atoms with Crippen molar-refractivity contribution in [2.75, 3.05) is 0 Å². The molecular formula is C14H16N4OS. The third-order valence-corrected chi connectivity index (χ3v) is 4.03. The average molecular weight is 288 g/mol. The number of aromatic nitrogens is 2. The second-order valence-electron chi connectivity index (χ2n) is 5.03. The quantitative estimate of drug-likeness (QED) is 0.908. The monoisotopic (exact) mass is 288 g/mol. The molecule has 5 nitrogen and oxygen atoms in total. The van der Waals surface area contributed by atoms with Gasteiger partial charge in [0.1, 0.15) is 0 Å². The van der Waals surface area contributed by atoms with Crippen LogP contribution in [0.3, 0.4) is 0 Å². The van der Waals surface area contributed by atoms with Crippen molar-refractivity contribution in [3.05, 3.63) is 47.0 Å². The largest absolute Gasteiger partial charge is 0.335 e. The molecule has 1 unspecified atom stereocenters. The first-order chi connectivity index (χ1) is 9.74. The molecule has 0 radical (unpaired) electrons. The summed E-state index contributed by atoms with van der Waals surface area (Å²) >= 11 is 1.29. The molecule has 2 aromatic rings. The molecule has 1 aromatic heterocycles. The normalized spacial score (nSPS) is 22.1. The van der Waals surface area contributed by atoms with Crippen molar-refractivity contribution in [1.29, 1.82) is 0 Å². The summed E-state index contributed by atoms with van der Waals surface area (Å²) in [5, 5.41) is 11.7. The predicted molar refractivity (Wildman–Crippen MR) is 77.6 cm³/mol. The van der Waals surface area contributed by atoms with E-state index in [0.29, 0.717) is 5.92 Å². The van der Waals surface area contributed by atoms with Gasteiger partial charge in [0, 0.05) is 17.3 Å². The van der Waals surface area contributed by atoms with Gasteiger partial charge in [-0.2, -0.15) is 0 Å². The predicted octanol–water partition coefficient (Wildman–Crippen LogP) is 2.45. The van der Waals surface area contributed by atoms with Gasteiger partial charge in [-0.15, -0.1) is 5.10 Å². The van der Waals surface area contributed by atoms with Gasteiger partial charge >= 0.3 is 6.03 Å². The first-order valence-corrected chi connectivity index (χ1v) is 7.46. The molecule has 3 rings (SSSR count). The number of nitrogens with zero attached hydrogens (tertiary/aromatic N) is 2. The van der Waals surface area contributed by atoms with Crippen LogP contribution in [-0.2, 0) is 0 Å². The number of hydrogen-bond acceptors (Lipinski definition) is 4. The van der Waals surface area contributed by atoms with E-state index in [9.17, 15) is 4.79 Å². The molecule has 1 aliphatic carbocycles. The summed E-state index contributed by atoms with van der Waals surface area (Å²) in [6.45, 7) is 1.90. The van der Waals surface area contributed by atoms with Gasteiger partial charge in [-0.05, 0) is 30.4 Å². The molecule has 104 valence electrons. The topological polar surface area (TPSA) is 66.9 Å². The van der Waals surface area contributed by atoms with E-state index in [0.717, 1.165) is 12.1 Å². The van der Waals surface area contributed by atoms with Gasteiger partial charge in [0.25, 0.3) is 0 Å². The number of nitrogens with one attached hydrogen (secondary N) is 2. The highest BCUT2D eigenvalue weighted by Crippen LogP contribution is 2.40. The summed E-state index contributed by atoms with van der Waals surface area (Å²) in [6.07, 6.45) is 1.00. The molecule has 0 saturated heterocycles. The smallest absolute Gasteiger partial charge is 0.315 e. The van der Waals surface area contributed by atoms with Gasteiger partial charge in [0.2, 0.25) is 0 Å². The van der Waals surface area contributed by atoms with Gasteiger partial charge in [-0.3, -0.25) is 0 Å². The molecule has 1 heterocycles. The van der Waals surface area contributed by atoms with E-state index in [1.165, 1.54) is 17.1 Å². The van der Waals surface area contributed by atoms with Crippen molar-refractivity contribution in [1.82, 2.24) is 20.2 Å². The Hall–Kier alpha value is -1.95. The van der Waals surface area contributed by atoms with Crippen LogP contribution in [0.25, 0.3) is 0 Å². The van der Waals surface area contributed by atoms with Crippen molar-refractivity contribution in [2.24, 2.45) is 0 Å². The maximum absolute atomic E-state index is 11.9. The zero-order valence-electron chi connectivity index (χ0n) is 11.1. The molecule has 1 aromatic carbocycles. The number of carbonyl (C=O) groups is 1. The molecule has 0 bridgehead atoms. The highest BCUT2D eigenvalue weighted by Gasteiger charge is 2.39. The molecule has 0 aliphatic heterocycles. The van der Waals surface area contributed by atoms with Crippen LogP contribution in [0.4, 0.5) is 4.79 Å². The molecule has 0 spiro atoms. The van der Waals surface area contributed by atoms with Crippen LogP contribution in [-0.4, -0.2) is 21.7 Å². The van der Waals surface area contributed by atoms with Crippen molar-refractivity contribution in [3.63, 3.8) is 0 Å². The lowest BCUT2D eigenvalue weighted by Crippen LogP contribution is -2.38. The number of amides is 2. The molecule has 1 fully saturated rings. The van der Waals surface area contributed by atoms with Crippen molar-refractivity contribution in [3.8, 4) is 0 Å². The molecule has 1 aliphatic rings. The second-order valence-corrected chi connectivity index (χ2v) is 5.64. The minimum Gasteiger partial charge on any atom is -0.335 e. The van der Waals surface area contributed by atoms with Crippen LogP contribution in [0.1, 0.15) is 36.6 Å². The summed E-state index contributed by atoms with van der Waals surface area (Å²) in [7, 11) is 0. The van der Waals surface area contributed by atoms with E-state index in [-0.39, 0.29) is 18.1 Å². The Balaban J connectivity index is 1.49. The molecule has 3 atom stereocenters. The van der Waals surface area contributed by atoms with Gasteiger partial charge in [0.05, 0.1) is 11.7 Å². The van der Waals surface area contributed by atoms with Crippen LogP contribution in [0.5, 0.6) is 0 Å². The molecule has 2 N–H and O–H groups in total.